The van der Waals surface area contributed by atoms with Gasteiger partial charge in [0.05, 0.1) is 24.3 Å². The lowest BCUT2D eigenvalue weighted by Gasteiger charge is -2.34. The molecule has 2 aromatic rings. The molecule has 0 spiro atoms. The van der Waals surface area contributed by atoms with Crippen LogP contribution < -0.4 is 0 Å². The number of benzene rings is 2. The van der Waals surface area contributed by atoms with E-state index in [0.717, 1.165) is 12.1 Å². The maximum atomic E-state index is 13.6. The van der Waals surface area contributed by atoms with E-state index in [1.807, 2.05) is 13.8 Å². The first-order valence-corrected chi connectivity index (χ1v) is 10.6. The molecule has 0 fully saturated rings. The van der Waals surface area contributed by atoms with E-state index in [2.05, 4.69) is 0 Å². The van der Waals surface area contributed by atoms with Gasteiger partial charge < -0.3 is 9.64 Å². The molecule has 176 valence electrons. The molecule has 1 amide bonds. The summed E-state index contributed by atoms with van der Waals surface area (Å²) in [6, 6.07) is 10.2. The van der Waals surface area contributed by atoms with Crippen molar-refractivity contribution in [1.82, 2.24) is 4.90 Å². The number of amides is 1. The molecular weight excluding hydrogens is 438 g/mol. The summed E-state index contributed by atoms with van der Waals surface area (Å²) in [5.41, 5.74) is 0.703. The van der Waals surface area contributed by atoms with Crippen LogP contribution >= 0.6 is 0 Å². The third kappa shape index (κ3) is 5.80. The maximum absolute atomic E-state index is 13.6. The molecule has 1 unspecified atom stereocenters. The van der Waals surface area contributed by atoms with Gasteiger partial charge in [0, 0.05) is 18.0 Å². The fourth-order valence-corrected chi connectivity index (χ4v) is 3.80. The summed E-state index contributed by atoms with van der Waals surface area (Å²) in [7, 11) is 0. The van der Waals surface area contributed by atoms with E-state index in [-0.39, 0.29) is 37.0 Å². The standard InChI is InChI=1S/C25H25F4NO3/c1-15(2)14-33-24(32)23-16(3)30(13-17-5-4-6-20(26)11-17)22(31)12-21(23)18-7-9-19(10-8-18)25(27,28)29/h4-11,15,21H,12-14H2,1-3H3. The monoisotopic (exact) mass is 463 g/mol. The number of hydrogen-bond acceptors (Lipinski definition) is 3. The zero-order valence-electron chi connectivity index (χ0n) is 18.6. The number of hydrogen-bond donors (Lipinski definition) is 0. The van der Waals surface area contributed by atoms with E-state index >= 15 is 0 Å². The Hall–Kier alpha value is -3.16. The van der Waals surface area contributed by atoms with E-state index in [9.17, 15) is 27.2 Å². The highest BCUT2D eigenvalue weighted by Crippen LogP contribution is 2.39. The molecule has 0 aliphatic carbocycles. The highest BCUT2D eigenvalue weighted by molar-refractivity contribution is 5.95. The molecule has 0 radical (unpaired) electrons. The van der Waals surface area contributed by atoms with Crippen LogP contribution in [0.2, 0.25) is 0 Å². The predicted octanol–water partition coefficient (Wildman–Crippen LogP) is 5.83. The summed E-state index contributed by atoms with van der Waals surface area (Å²) in [4.78, 5) is 27.4. The van der Waals surface area contributed by atoms with Crippen molar-refractivity contribution < 1.29 is 31.9 Å². The maximum Gasteiger partial charge on any atom is 0.416 e. The van der Waals surface area contributed by atoms with Gasteiger partial charge >= 0.3 is 12.1 Å². The number of nitrogens with zero attached hydrogens (tertiary/aromatic N) is 1. The van der Waals surface area contributed by atoms with Crippen molar-refractivity contribution in [2.45, 2.75) is 45.8 Å². The summed E-state index contributed by atoms with van der Waals surface area (Å²) in [5.74, 6) is -2.06. The van der Waals surface area contributed by atoms with Crippen molar-refractivity contribution in [3.8, 4) is 0 Å². The third-order valence-corrected chi connectivity index (χ3v) is 5.46. The summed E-state index contributed by atoms with van der Waals surface area (Å²) in [5, 5.41) is 0. The highest BCUT2D eigenvalue weighted by Gasteiger charge is 2.38. The van der Waals surface area contributed by atoms with Crippen LogP contribution in [0.3, 0.4) is 0 Å². The molecule has 33 heavy (non-hydrogen) atoms. The van der Waals surface area contributed by atoms with Crippen LogP contribution in [-0.4, -0.2) is 23.4 Å². The Bertz CT molecular complexity index is 1060. The van der Waals surface area contributed by atoms with Crippen molar-refractivity contribution in [1.29, 1.82) is 0 Å². The minimum absolute atomic E-state index is 0.0586. The first-order valence-electron chi connectivity index (χ1n) is 10.6. The van der Waals surface area contributed by atoms with Crippen LogP contribution in [0.15, 0.2) is 59.8 Å². The van der Waals surface area contributed by atoms with Crippen LogP contribution in [0.1, 0.15) is 49.8 Å². The van der Waals surface area contributed by atoms with Crippen molar-refractivity contribution in [3.05, 3.63) is 82.3 Å². The predicted molar refractivity (Wildman–Crippen MR) is 114 cm³/mol. The number of rotatable bonds is 6. The molecule has 2 aromatic carbocycles. The van der Waals surface area contributed by atoms with E-state index < -0.39 is 29.4 Å². The molecule has 0 aromatic heterocycles. The van der Waals surface area contributed by atoms with E-state index in [1.165, 1.54) is 35.2 Å². The lowest BCUT2D eigenvalue weighted by molar-refractivity contribution is -0.141. The molecule has 1 heterocycles. The van der Waals surface area contributed by atoms with Gasteiger partial charge in [0.15, 0.2) is 0 Å². The van der Waals surface area contributed by atoms with E-state index in [4.69, 9.17) is 4.74 Å². The average molecular weight is 463 g/mol. The van der Waals surface area contributed by atoms with Gasteiger partial charge in [-0.1, -0.05) is 38.1 Å². The lowest BCUT2D eigenvalue weighted by Crippen LogP contribution is -2.38. The molecular formula is C25H25F4NO3. The van der Waals surface area contributed by atoms with Gasteiger partial charge in [-0.3, -0.25) is 4.79 Å². The second kappa shape index (κ2) is 9.77. The van der Waals surface area contributed by atoms with E-state index in [1.54, 1.807) is 13.0 Å². The van der Waals surface area contributed by atoms with Crippen molar-refractivity contribution >= 4 is 11.9 Å². The number of carbonyl (C=O) groups is 2. The lowest BCUT2D eigenvalue weighted by atomic mass is 9.83. The SMILES string of the molecule is CC1=C(C(=O)OCC(C)C)C(c2ccc(C(F)(F)F)cc2)CC(=O)N1Cc1cccc(F)c1. The van der Waals surface area contributed by atoms with Crippen molar-refractivity contribution in [2.24, 2.45) is 5.92 Å². The molecule has 0 bridgehead atoms. The highest BCUT2D eigenvalue weighted by atomic mass is 19.4. The molecule has 0 saturated heterocycles. The number of alkyl halides is 3. The van der Waals surface area contributed by atoms with Gasteiger partial charge in [-0.25, -0.2) is 9.18 Å². The molecule has 4 nitrogen and oxygen atoms in total. The Kier molecular flexibility index (Phi) is 7.25. The zero-order chi connectivity index (χ0) is 24.3. The van der Waals surface area contributed by atoms with Crippen LogP contribution in [0.5, 0.6) is 0 Å². The van der Waals surface area contributed by atoms with Crippen LogP contribution in [-0.2, 0) is 27.0 Å². The Morgan fingerprint density at radius 1 is 1.15 bits per heavy atom. The Labute approximate surface area is 189 Å². The minimum Gasteiger partial charge on any atom is -0.462 e. The minimum atomic E-state index is -4.49. The summed E-state index contributed by atoms with van der Waals surface area (Å²) < 4.78 is 58.0. The zero-order valence-corrected chi connectivity index (χ0v) is 18.6. The smallest absolute Gasteiger partial charge is 0.416 e. The van der Waals surface area contributed by atoms with Gasteiger partial charge in [0.1, 0.15) is 5.82 Å². The number of halogens is 4. The van der Waals surface area contributed by atoms with E-state index in [0.29, 0.717) is 16.8 Å². The largest absolute Gasteiger partial charge is 0.462 e. The summed E-state index contributed by atoms with van der Waals surface area (Å²) in [6.07, 6.45) is -4.61. The first-order chi connectivity index (χ1) is 15.5. The Balaban J connectivity index is 2.01. The van der Waals surface area contributed by atoms with Gasteiger partial charge in [-0.05, 0) is 48.2 Å². The van der Waals surface area contributed by atoms with Crippen molar-refractivity contribution in [3.63, 3.8) is 0 Å². The van der Waals surface area contributed by atoms with Crippen LogP contribution in [0.25, 0.3) is 0 Å². The van der Waals surface area contributed by atoms with Crippen molar-refractivity contribution in [2.75, 3.05) is 6.61 Å². The summed E-state index contributed by atoms with van der Waals surface area (Å²) in [6.45, 7) is 5.57. The average Bonchev–Trinajstić information content (AvgIpc) is 2.74. The normalized spacial score (nSPS) is 17.0. The second-order valence-electron chi connectivity index (χ2n) is 8.48. The number of esters is 1. The fraction of sp³-hybridized carbons (Fsp3) is 0.360. The molecule has 0 N–H and O–H groups in total. The quantitative estimate of drug-likeness (QED) is 0.400. The molecule has 0 saturated carbocycles. The number of ether oxygens (including phenoxy) is 1. The first kappa shape index (κ1) is 24.5. The van der Waals surface area contributed by atoms with Gasteiger partial charge in [0.2, 0.25) is 5.91 Å². The van der Waals surface area contributed by atoms with Gasteiger partial charge in [-0.15, -0.1) is 0 Å². The molecule has 1 atom stereocenters. The van der Waals surface area contributed by atoms with Crippen LogP contribution in [0.4, 0.5) is 17.6 Å². The van der Waals surface area contributed by atoms with Gasteiger partial charge in [-0.2, -0.15) is 13.2 Å². The summed E-state index contributed by atoms with van der Waals surface area (Å²) >= 11 is 0. The molecule has 1 aliphatic rings. The number of allylic oxidation sites excluding steroid dienone is 1. The molecule has 3 rings (SSSR count). The number of carbonyl (C=O) groups excluding carboxylic acids is 2. The Morgan fingerprint density at radius 2 is 1.82 bits per heavy atom. The Morgan fingerprint density at radius 3 is 2.39 bits per heavy atom. The molecule has 1 aliphatic heterocycles. The van der Waals surface area contributed by atoms with Crippen LogP contribution in [0, 0.1) is 11.7 Å². The molecule has 8 heteroatoms. The fourth-order valence-electron chi connectivity index (χ4n) is 3.80. The topological polar surface area (TPSA) is 46.6 Å². The second-order valence-corrected chi connectivity index (χ2v) is 8.48. The van der Waals surface area contributed by atoms with Gasteiger partial charge in [0.25, 0.3) is 0 Å². The third-order valence-electron chi connectivity index (χ3n) is 5.46.